The number of nitrogens with zero attached hydrogens (tertiary/aromatic N) is 1. The maximum atomic E-state index is 10.7. The largest absolute Gasteiger partial charge is 0.395 e. The van der Waals surface area contributed by atoms with Crippen molar-refractivity contribution in [2.75, 3.05) is 13.2 Å². The molecule has 0 radical (unpaired) electrons. The van der Waals surface area contributed by atoms with E-state index in [0.717, 1.165) is 6.42 Å². The molecule has 0 aromatic rings. The van der Waals surface area contributed by atoms with Crippen LogP contribution in [0.3, 0.4) is 0 Å². The highest BCUT2D eigenvalue weighted by molar-refractivity contribution is 5.72. The molecule has 66 valence electrons. The van der Waals surface area contributed by atoms with Crippen molar-refractivity contribution in [3.05, 3.63) is 0 Å². The van der Waals surface area contributed by atoms with Crippen molar-refractivity contribution in [1.29, 1.82) is 0 Å². The maximum Gasteiger partial charge on any atom is 0.315 e. The van der Waals surface area contributed by atoms with Gasteiger partial charge in [-0.3, -0.25) is 0 Å². The lowest BCUT2D eigenvalue weighted by atomic mass is 10.2. The van der Waals surface area contributed by atoms with Crippen LogP contribution in [-0.4, -0.2) is 35.2 Å². The first-order valence-electron chi connectivity index (χ1n) is 3.80. The lowest BCUT2D eigenvalue weighted by Gasteiger charge is -2.25. The predicted molar refractivity (Wildman–Crippen MR) is 43.1 cm³/mol. The maximum absolute atomic E-state index is 10.7. The summed E-state index contributed by atoms with van der Waals surface area (Å²) in [6.45, 7) is 4.16. The van der Waals surface area contributed by atoms with Crippen LogP contribution in [0.25, 0.3) is 0 Å². The summed E-state index contributed by atoms with van der Waals surface area (Å²) >= 11 is 0. The van der Waals surface area contributed by atoms with Crippen LogP contribution in [0.2, 0.25) is 0 Å². The van der Waals surface area contributed by atoms with Gasteiger partial charge in [-0.05, 0) is 13.3 Å². The molecule has 0 spiro atoms. The van der Waals surface area contributed by atoms with E-state index in [0.29, 0.717) is 6.54 Å². The minimum absolute atomic E-state index is 0.0344. The van der Waals surface area contributed by atoms with Gasteiger partial charge in [0.1, 0.15) is 0 Å². The lowest BCUT2D eigenvalue weighted by molar-refractivity contribution is 0.162. The predicted octanol–water partition coefficient (Wildman–Crippen LogP) is 0.158. The Labute approximate surface area is 67.0 Å². The fraction of sp³-hybridized carbons (Fsp3) is 0.857. The normalized spacial score (nSPS) is 12.6. The topological polar surface area (TPSA) is 66.6 Å². The Morgan fingerprint density at radius 2 is 2.27 bits per heavy atom. The smallest absolute Gasteiger partial charge is 0.315 e. The molecule has 0 aliphatic rings. The summed E-state index contributed by atoms with van der Waals surface area (Å²) < 4.78 is 0. The van der Waals surface area contributed by atoms with Gasteiger partial charge in [-0.2, -0.15) is 0 Å². The zero-order valence-electron chi connectivity index (χ0n) is 7.08. The van der Waals surface area contributed by atoms with E-state index >= 15 is 0 Å². The molecule has 0 bridgehead atoms. The standard InChI is InChI=1S/C7H16N2O2/c1-3-6(2)9(4-5-10)7(8)11/h6,10H,3-5H2,1-2H3,(H2,8,11). The van der Waals surface area contributed by atoms with E-state index in [1.54, 1.807) is 0 Å². The monoisotopic (exact) mass is 160 g/mol. The molecule has 0 rings (SSSR count). The number of hydrogen-bond donors (Lipinski definition) is 2. The van der Waals surface area contributed by atoms with Gasteiger partial charge in [-0.1, -0.05) is 6.92 Å². The van der Waals surface area contributed by atoms with Crippen molar-refractivity contribution in [3.8, 4) is 0 Å². The van der Waals surface area contributed by atoms with Gasteiger partial charge in [-0.25, -0.2) is 4.79 Å². The highest BCUT2D eigenvalue weighted by atomic mass is 16.3. The number of carbonyl (C=O) groups is 1. The number of nitrogens with two attached hydrogens (primary N) is 1. The van der Waals surface area contributed by atoms with Crippen LogP contribution in [0.5, 0.6) is 0 Å². The number of amides is 2. The average Bonchev–Trinajstić information content (AvgIpc) is 1.98. The summed E-state index contributed by atoms with van der Waals surface area (Å²) in [7, 11) is 0. The molecule has 0 saturated heterocycles. The molecular formula is C7H16N2O2. The summed E-state index contributed by atoms with van der Waals surface area (Å²) in [4.78, 5) is 12.2. The van der Waals surface area contributed by atoms with Crippen LogP contribution in [0, 0.1) is 0 Å². The number of carbonyl (C=O) groups excluding carboxylic acids is 1. The number of aliphatic hydroxyl groups is 1. The van der Waals surface area contributed by atoms with Crippen LogP contribution in [-0.2, 0) is 0 Å². The van der Waals surface area contributed by atoms with Crippen LogP contribution in [0.15, 0.2) is 0 Å². The molecule has 2 amide bonds. The summed E-state index contributed by atoms with van der Waals surface area (Å²) in [6.07, 6.45) is 0.850. The second kappa shape index (κ2) is 4.96. The van der Waals surface area contributed by atoms with Crippen LogP contribution >= 0.6 is 0 Å². The molecule has 0 saturated carbocycles. The van der Waals surface area contributed by atoms with E-state index in [1.165, 1.54) is 4.90 Å². The molecule has 11 heavy (non-hydrogen) atoms. The Hall–Kier alpha value is -0.770. The molecule has 0 aliphatic heterocycles. The van der Waals surface area contributed by atoms with Gasteiger partial charge >= 0.3 is 6.03 Å². The van der Waals surface area contributed by atoms with E-state index < -0.39 is 6.03 Å². The number of aliphatic hydroxyl groups excluding tert-OH is 1. The molecule has 1 unspecified atom stereocenters. The average molecular weight is 160 g/mol. The van der Waals surface area contributed by atoms with Crippen molar-refractivity contribution in [2.45, 2.75) is 26.3 Å². The van der Waals surface area contributed by atoms with Gasteiger partial charge in [0, 0.05) is 12.6 Å². The Kier molecular flexibility index (Phi) is 4.61. The zero-order chi connectivity index (χ0) is 8.85. The third kappa shape index (κ3) is 3.23. The SMILES string of the molecule is CCC(C)N(CCO)C(N)=O. The van der Waals surface area contributed by atoms with Gasteiger partial charge in [0.05, 0.1) is 6.61 Å². The number of primary amides is 1. The summed E-state index contributed by atoms with van der Waals surface area (Å²) in [5.41, 5.74) is 5.08. The van der Waals surface area contributed by atoms with Crippen molar-refractivity contribution >= 4 is 6.03 Å². The number of hydrogen-bond acceptors (Lipinski definition) is 2. The number of rotatable bonds is 4. The summed E-state index contributed by atoms with van der Waals surface area (Å²) in [5.74, 6) is 0. The molecule has 3 N–H and O–H groups in total. The van der Waals surface area contributed by atoms with Crippen molar-refractivity contribution in [3.63, 3.8) is 0 Å². The first kappa shape index (κ1) is 10.2. The molecule has 4 heteroatoms. The molecule has 1 atom stereocenters. The quantitative estimate of drug-likeness (QED) is 0.615. The third-order valence-corrected chi connectivity index (χ3v) is 1.75. The van der Waals surface area contributed by atoms with E-state index in [-0.39, 0.29) is 12.6 Å². The summed E-state index contributed by atoms with van der Waals surface area (Å²) in [6, 6.07) is -0.354. The fourth-order valence-electron chi connectivity index (χ4n) is 0.876. The van der Waals surface area contributed by atoms with E-state index in [9.17, 15) is 4.79 Å². The minimum atomic E-state index is -0.464. The molecule has 4 nitrogen and oxygen atoms in total. The van der Waals surface area contributed by atoms with Gasteiger partial charge in [0.25, 0.3) is 0 Å². The second-order valence-electron chi connectivity index (χ2n) is 2.51. The molecule has 0 heterocycles. The van der Waals surface area contributed by atoms with Crippen LogP contribution in [0.4, 0.5) is 4.79 Å². The van der Waals surface area contributed by atoms with Gasteiger partial charge in [-0.15, -0.1) is 0 Å². The van der Waals surface area contributed by atoms with Crippen LogP contribution in [0.1, 0.15) is 20.3 Å². The Balaban J connectivity index is 3.97. The van der Waals surface area contributed by atoms with E-state index in [4.69, 9.17) is 10.8 Å². The van der Waals surface area contributed by atoms with E-state index in [1.807, 2.05) is 13.8 Å². The zero-order valence-corrected chi connectivity index (χ0v) is 7.08. The Morgan fingerprint density at radius 3 is 2.55 bits per heavy atom. The second-order valence-corrected chi connectivity index (χ2v) is 2.51. The van der Waals surface area contributed by atoms with Crippen molar-refractivity contribution < 1.29 is 9.90 Å². The first-order valence-corrected chi connectivity index (χ1v) is 3.80. The number of urea groups is 1. The van der Waals surface area contributed by atoms with Gasteiger partial charge in [0.2, 0.25) is 0 Å². The fourth-order valence-corrected chi connectivity index (χ4v) is 0.876. The highest BCUT2D eigenvalue weighted by Crippen LogP contribution is 2.01. The minimum Gasteiger partial charge on any atom is -0.395 e. The van der Waals surface area contributed by atoms with Crippen molar-refractivity contribution in [2.24, 2.45) is 5.73 Å². The molecule has 0 aliphatic carbocycles. The Morgan fingerprint density at radius 1 is 1.73 bits per heavy atom. The lowest BCUT2D eigenvalue weighted by Crippen LogP contribution is -2.43. The van der Waals surface area contributed by atoms with Gasteiger partial charge < -0.3 is 15.7 Å². The third-order valence-electron chi connectivity index (χ3n) is 1.75. The van der Waals surface area contributed by atoms with E-state index in [2.05, 4.69) is 0 Å². The van der Waals surface area contributed by atoms with Gasteiger partial charge in [0.15, 0.2) is 0 Å². The molecule has 0 aromatic carbocycles. The molecular weight excluding hydrogens is 144 g/mol. The van der Waals surface area contributed by atoms with Crippen LogP contribution < -0.4 is 5.73 Å². The van der Waals surface area contributed by atoms with Crippen molar-refractivity contribution in [1.82, 2.24) is 4.90 Å². The molecule has 0 fully saturated rings. The summed E-state index contributed by atoms with van der Waals surface area (Å²) in [5, 5.41) is 8.58. The Bertz CT molecular complexity index is 128. The first-order chi connectivity index (χ1) is 5.13. The molecule has 0 aromatic heterocycles. The highest BCUT2D eigenvalue weighted by Gasteiger charge is 2.14.